The second kappa shape index (κ2) is 5.59. The molecule has 1 aliphatic heterocycles. The van der Waals surface area contributed by atoms with Crippen molar-refractivity contribution in [3.63, 3.8) is 0 Å². The van der Waals surface area contributed by atoms with Crippen LogP contribution in [0, 0.1) is 11.3 Å². The fraction of sp³-hybridized carbons (Fsp3) is 0.889. The van der Waals surface area contributed by atoms with Gasteiger partial charge in [0.15, 0.2) is 5.25 Å². The van der Waals surface area contributed by atoms with Crippen LogP contribution in [-0.4, -0.2) is 57.4 Å². The first-order valence-corrected chi connectivity index (χ1v) is 6.67. The number of nitriles is 1. The summed E-state index contributed by atoms with van der Waals surface area (Å²) < 4.78 is 30.5. The lowest BCUT2D eigenvalue weighted by atomic mass is 10.3. The van der Waals surface area contributed by atoms with Crippen LogP contribution in [0.15, 0.2) is 0 Å². The minimum Gasteiger partial charge on any atom is -0.374 e. The number of nitrogens with zero attached hydrogens (tertiary/aromatic N) is 2. The van der Waals surface area contributed by atoms with Crippen molar-refractivity contribution in [2.45, 2.75) is 18.3 Å². The van der Waals surface area contributed by atoms with E-state index in [4.69, 9.17) is 10.00 Å². The maximum Gasteiger partial charge on any atom is 0.230 e. The van der Waals surface area contributed by atoms with E-state index in [2.05, 4.69) is 5.32 Å². The van der Waals surface area contributed by atoms with Gasteiger partial charge in [-0.25, -0.2) is 8.42 Å². The van der Waals surface area contributed by atoms with Gasteiger partial charge in [0.25, 0.3) is 0 Å². The van der Waals surface area contributed by atoms with E-state index in [0.717, 1.165) is 0 Å². The molecule has 1 saturated heterocycles. The third-order valence-corrected chi connectivity index (χ3v) is 4.57. The summed E-state index contributed by atoms with van der Waals surface area (Å²) in [5.74, 6) is 0. The van der Waals surface area contributed by atoms with E-state index in [-0.39, 0.29) is 6.10 Å². The second-order valence-electron chi connectivity index (χ2n) is 3.72. The van der Waals surface area contributed by atoms with Gasteiger partial charge in [0, 0.05) is 19.6 Å². The third kappa shape index (κ3) is 2.92. The molecule has 0 radical (unpaired) electrons. The summed E-state index contributed by atoms with van der Waals surface area (Å²) >= 11 is 0. The summed E-state index contributed by atoms with van der Waals surface area (Å²) in [6.45, 7) is 3.03. The first-order chi connectivity index (χ1) is 7.52. The van der Waals surface area contributed by atoms with Gasteiger partial charge in [0.2, 0.25) is 10.0 Å². The van der Waals surface area contributed by atoms with Gasteiger partial charge >= 0.3 is 0 Å². The van der Waals surface area contributed by atoms with Crippen LogP contribution in [0.1, 0.15) is 6.92 Å². The Morgan fingerprint density at radius 3 is 2.94 bits per heavy atom. The van der Waals surface area contributed by atoms with Crippen LogP contribution in [0.5, 0.6) is 0 Å². The SMILES string of the molecule is CNCC1CN(S(=O)(=O)C(C)C#N)CCO1. The van der Waals surface area contributed by atoms with Crippen molar-refractivity contribution in [1.82, 2.24) is 9.62 Å². The molecule has 7 heteroatoms. The highest BCUT2D eigenvalue weighted by molar-refractivity contribution is 7.89. The number of hydrogen-bond acceptors (Lipinski definition) is 5. The first-order valence-electron chi connectivity index (χ1n) is 5.17. The molecule has 92 valence electrons. The van der Waals surface area contributed by atoms with Crippen LogP contribution < -0.4 is 5.32 Å². The number of rotatable bonds is 4. The molecule has 2 unspecified atom stereocenters. The van der Waals surface area contributed by atoms with Crippen LogP contribution in [0.25, 0.3) is 0 Å². The van der Waals surface area contributed by atoms with Gasteiger partial charge in [0.05, 0.1) is 18.8 Å². The highest BCUT2D eigenvalue weighted by Gasteiger charge is 2.33. The predicted molar refractivity (Wildman–Crippen MR) is 59.2 cm³/mol. The molecule has 0 aromatic heterocycles. The number of sulfonamides is 1. The molecule has 0 saturated carbocycles. The molecule has 0 spiro atoms. The van der Waals surface area contributed by atoms with E-state index in [1.807, 2.05) is 0 Å². The Morgan fingerprint density at radius 2 is 2.38 bits per heavy atom. The highest BCUT2D eigenvalue weighted by Crippen LogP contribution is 2.13. The molecule has 1 fully saturated rings. The zero-order valence-electron chi connectivity index (χ0n) is 9.51. The van der Waals surface area contributed by atoms with Gasteiger partial charge in [0.1, 0.15) is 0 Å². The molecule has 1 rings (SSSR count). The monoisotopic (exact) mass is 247 g/mol. The Balaban J connectivity index is 2.71. The van der Waals surface area contributed by atoms with Crippen molar-refractivity contribution in [3.05, 3.63) is 0 Å². The van der Waals surface area contributed by atoms with Crippen molar-refractivity contribution in [3.8, 4) is 6.07 Å². The fourth-order valence-electron chi connectivity index (χ4n) is 1.56. The average Bonchev–Trinajstić information content (AvgIpc) is 2.28. The van der Waals surface area contributed by atoms with E-state index in [0.29, 0.717) is 26.2 Å². The molecule has 6 nitrogen and oxygen atoms in total. The molecule has 0 aromatic carbocycles. The molecular formula is C9H17N3O3S. The standard InChI is InChI=1S/C9H17N3O3S/c1-8(5-10)16(13,14)12-3-4-15-9(7-12)6-11-2/h8-9,11H,3-4,6-7H2,1-2H3. The van der Waals surface area contributed by atoms with E-state index < -0.39 is 15.3 Å². The van der Waals surface area contributed by atoms with E-state index in [1.54, 1.807) is 13.1 Å². The number of nitrogens with one attached hydrogen (secondary N) is 1. The summed E-state index contributed by atoms with van der Waals surface area (Å²) in [6, 6.07) is 1.76. The molecule has 0 amide bonds. The lowest BCUT2D eigenvalue weighted by Crippen LogP contribution is -2.50. The van der Waals surface area contributed by atoms with Crippen molar-refractivity contribution in [2.24, 2.45) is 0 Å². The van der Waals surface area contributed by atoms with Gasteiger partial charge < -0.3 is 10.1 Å². The molecule has 1 heterocycles. The van der Waals surface area contributed by atoms with Crippen LogP contribution in [-0.2, 0) is 14.8 Å². The number of likely N-dealkylation sites (N-methyl/N-ethyl adjacent to an activating group) is 1. The van der Waals surface area contributed by atoms with Gasteiger partial charge in [-0.2, -0.15) is 9.57 Å². The van der Waals surface area contributed by atoms with E-state index in [1.165, 1.54) is 11.2 Å². The molecule has 16 heavy (non-hydrogen) atoms. The van der Waals surface area contributed by atoms with Crippen LogP contribution in [0.3, 0.4) is 0 Å². The van der Waals surface area contributed by atoms with Gasteiger partial charge in [-0.1, -0.05) is 0 Å². The molecule has 0 aromatic rings. The third-order valence-electron chi connectivity index (χ3n) is 2.52. The summed E-state index contributed by atoms with van der Waals surface area (Å²) in [5, 5.41) is 10.6. The van der Waals surface area contributed by atoms with Gasteiger partial charge in [-0.05, 0) is 14.0 Å². The Labute approximate surface area is 96.2 Å². The molecule has 1 N–H and O–H groups in total. The quantitative estimate of drug-likeness (QED) is 0.699. The highest BCUT2D eigenvalue weighted by atomic mass is 32.2. The minimum absolute atomic E-state index is 0.139. The second-order valence-corrected chi connectivity index (χ2v) is 5.98. The number of hydrogen-bond donors (Lipinski definition) is 1. The molecule has 0 bridgehead atoms. The zero-order chi connectivity index (χ0) is 12.2. The lowest BCUT2D eigenvalue weighted by Gasteiger charge is -2.32. The normalized spacial score (nSPS) is 24.9. The maximum atomic E-state index is 11.9. The average molecular weight is 247 g/mol. The van der Waals surface area contributed by atoms with Crippen LogP contribution >= 0.6 is 0 Å². The summed E-state index contributed by atoms with van der Waals surface area (Å²) in [7, 11) is -1.71. The van der Waals surface area contributed by atoms with Gasteiger partial charge in [-0.15, -0.1) is 0 Å². The summed E-state index contributed by atoms with van der Waals surface area (Å²) in [5.41, 5.74) is 0. The number of ether oxygens (including phenoxy) is 1. The predicted octanol–water partition coefficient (Wildman–Crippen LogP) is -0.852. The van der Waals surface area contributed by atoms with Crippen LogP contribution in [0.4, 0.5) is 0 Å². The fourth-order valence-corrected chi connectivity index (χ4v) is 2.85. The molecular weight excluding hydrogens is 230 g/mol. The van der Waals surface area contributed by atoms with E-state index >= 15 is 0 Å². The smallest absolute Gasteiger partial charge is 0.230 e. The molecule has 1 aliphatic rings. The Bertz CT molecular complexity index is 361. The van der Waals surface area contributed by atoms with Crippen molar-refractivity contribution in [2.75, 3.05) is 33.3 Å². The Hall–Kier alpha value is -0.680. The van der Waals surface area contributed by atoms with E-state index in [9.17, 15) is 8.42 Å². The van der Waals surface area contributed by atoms with Crippen molar-refractivity contribution < 1.29 is 13.2 Å². The van der Waals surface area contributed by atoms with Gasteiger partial charge in [-0.3, -0.25) is 0 Å². The van der Waals surface area contributed by atoms with Crippen molar-refractivity contribution >= 4 is 10.0 Å². The first kappa shape index (κ1) is 13.4. The topological polar surface area (TPSA) is 82.4 Å². The summed E-state index contributed by atoms with van der Waals surface area (Å²) in [6.07, 6.45) is -0.139. The Morgan fingerprint density at radius 1 is 1.69 bits per heavy atom. The largest absolute Gasteiger partial charge is 0.374 e. The summed E-state index contributed by atoms with van der Waals surface area (Å²) in [4.78, 5) is 0. The number of morpholine rings is 1. The lowest BCUT2D eigenvalue weighted by molar-refractivity contribution is 0.000720. The van der Waals surface area contributed by atoms with Crippen molar-refractivity contribution in [1.29, 1.82) is 5.26 Å². The van der Waals surface area contributed by atoms with Crippen LogP contribution in [0.2, 0.25) is 0 Å². The zero-order valence-corrected chi connectivity index (χ0v) is 10.3. The maximum absolute atomic E-state index is 11.9. The molecule has 0 aliphatic carbocycles. The minimum atomic E-state index is -3.50. The Kier molecular flexibility index (Phi) is 4.68. The molecule has 2 atom stereocenters.